The Morgan fingerprint density at radius 2 is 1.16 bits per heavy atom. The molecule has 0 fully saturated rings. The molecule has 0 saturated carbocycles. The van der Waals surface area contributed by atoms with Crippen LogP contribution >= 0.6 is 0 Å². The van der Waals surface area contributed by atoms with Crippen molar-refractivity contribution in [1.29, 1.82) is 0 Å². The van der Waals surface area contributed by atoms with Crippen LogP contribution in [0.2, 0.25) is 0 Å². The number of rotatable bonds is 8. The van der Waals surface area contributed by atoms with Gasteiger partial charge in [-0.15, -0.1) is 0 Å². The molecule has 0 saturated heterocycles. The zero-order chi connectivity index (χ0) is 44.5. The first-order chi connectivity index (χ1) is 29.9. The molecule has 0 radical (unpaired) electrons. The Hall–Kier alpha value is -6.47. The van der Waals surface area contributed by atoms with Crippen molar-refractivity contribution in [2.24, 2.45) is 0 Å². The maximum Gasteiger partial charge on any atom is 0.137 e. The molecular weight excluding hydrogens is 783 g/mol. The highest BCUT2D eigenvalue weighted by molar-refractivity contribution is 6.09. The average Bonchev–Trinajstić information content (AvgIpc) is 3.78. The van der Waals surface area contributed by atoms with E-state index in [9.17, 15) is 8.78 Å². The van der Waals surface area contributed by atoms with Gasteiger partial charge in [-0.25, -0.2) is 13.8 Å². The molecule has 2 aromatic heterocycles. The first-order valence-electron chi connectivity index (χ1n) is 22.1. The highest BCUT2D eigenvalue weighted by Gasteiger charge is 2.33. The van der Waals surface area contributed by atoms with Crippen LogP contribution < -0.4 is 14.5 Å². The van der Waals surface area contributed by atoms with Gasteiger partial charge in [0.1, 0.15) is 35.6 Å². The van der Waals surface area contributed by atoms with E-state index in [-0.39, 0.29) is 22.7 Å². The van der Waals surface area contributed by atoms with Crippen LogP contribution in [0.4, 0.5) is 31.5 Å². The van der Waals surface area contributed by atoms with Gasteiger partial charge in [0.2, 0.25) is 0 Å². The van der Waals surface area contributed by atoms with Crippen molar-refractivity contribution in [3.63, 3.8) is 0 Å². The first-order valence-corrected chi connectivity index (χ1v) is 22.1. The third-order valence-electron chi connectivity index (χ3n) is 12.4. The molecule has 1 aliphatic rings. The summed E-state index contributed by atoms with van der Waals surface area (Å²) in [6, 6.07) is 42.3. The molecule has 1 aliphatic heterocycles. The van der Waals surface area contributed by atoms with Crippen molar-refractivity contribution in [3.8, 4) is 28.4 Å². The third-order valence-corrected chi connectivity index (χ3v) is 12.4. The summed E-state index contributed by atoms with van der Waals surface area (Å²) in [7, 11) is 0. The van der Waals surface area contributed by atoms with E-state index in [1.54, 1.807) is 0 Å². The zero-order valence-electron chi connectivity index (χ0n) is 38.0. The monoisotopic (exact) mass is 838 g/mol. The lowest BCUT2D eigenvalue weighted by atomic mass is 9.86. The number of para-hydroxylation sites is 3. The summed E-state index contributed by atoms with van der Waals surface area (Å²) >= 11 is 0. The molecule has 0 N–H and O–H groups in total. The Labute approximate surface area is 370 Å². The van der Waals surface area contributed by atoms with Crippen molar-refractivity contribution in [2.75, 3.05) is 16.5 Å². The standard InChI is InChI=1S/C56H56F2N4O/c1-34(2)47-25-37(36-23-40(57)30-41(58)24-36)26-48(35(3)4)54(47)61-33-60(50-17-13-14-18-51(50)61)42-27-39(56(8,9)10)28-44(31-42)63-43-19-20-46-45-15-11-12-16-49(45)62(52(46)32-43)53-29-38(21-22-59-53)55(5,6)7/h11-32,34-35H,33H2,1-10H3. The Morgan fingerprint density at radius 1 is 0.556 bits per heavy atom. The molecular formula is C56H56F2N4O. The smallest absolute Gasteiger partial charge is 0.137 e. The van der Waals surface area contributed by atoms with Gasteiger partial charge in [-0.05, 0) is 135 Å². The van der Waals surface area contributed by atoms with E-state index in [1.165, 1.54) is 17.7 Å². The number of nitrogens with zero attached hydrogens (tertiary/aromatic N) is 4. The number of fused-ring (bicyclic) bond motifs is 4. The Bertz CT molecular complexity index is 2990. The lowest BCUT2D eigenvalue weighted by Gasteiger charge is -2.30. The number of hydrogen-bond acceptors (Lipinski definition) is 4. The van der Waals surface area contributed by atoms with Crippen LogP contribution in [0.25, 0.3) is 38.8 Å². The molecule has 0 bridgehead atoms. The van der Waals surface area contributed by atoms with Crippen molar-refractivity contribution in [3.05, 3.63) is 167 Å². The van der Waals surface area contributed by atoms with Gasteiger partial charge >= 0.3 is 0 Å². The van der Waals surface area contributed by atoms with E-state index in [4.69, 9.17) is 9.72 Å². The average molecular weight is 839 g/mol. The predicted molar refractivity (Wildman–Crippen MR) is 258 cm³/mol. The minimum Gasteiger partial charge on any atom is -0.457 e. The Balaban J connectivity index is 1.14. The van der Waals surface area contributed by atoms with E-state index in [2.05, 4.69) is 193 Å². The van der Waals surface area contributed by atoms with Crippen LogP contribution in [-0.4, -0.2) is 16.2 Å². The number of pyridine rings is 1. The molecule has 0 unspecified atom stereocenters. The van der Waals surface area contributed by atoms with Crippen molar-refractivity contribution >= 4 is 44.6 Å². The number of aromatic nitrogens is 2. The van der Waals surface area contributed by atoms with E-state index in [1.807, 2.05) is 6.20 Å². The Morgan fingerprint density at radius 3 is 1.81 bits per heavy atom. The zero-order valence-corrected chi connectivity index (χ0v) is 38.0. The predicted octanol–water partition coefficient (Wildman–Crippen LogP) is 16.0. The second-order valence-corrected chi connectivity index (χ2v) is 19.7. The quantitative estimate of drug-likeness (QED) is 0.153. The van der Waals surface area contributed by atoms with Crippen molar-refractivity contribution in [2.45, 2.75) is 91.9 Å². The van der Waals surface area contributed by atoms with Gasteiger partial charge in [0, 0.05) is 46.5 Å². The van der Waals surface area contributed by atoms with Gasteiger partial charge in [0.05, 0.1) is 22.4 Å². The van der Waals surface area contributed by atoms with E-state index in [0.29, 0.717) is 12.2 Å². The number of anilines is 4. The summed E-state index contributed by atoms with van der Waals surface area (Å²) in [6.45, 7) is 22.7. The highest BCUT2D eigenvalue weighted by atomic mass is 19.1. The third kappa shape index (κ3) is 7.83. The first kappa shape index (κ1) is 41.9. The molecule has 320 valence electrons. The normalized spacial score (nSPS) is 13.2. The van der Waals surface area contributed by atoms with Gasteiger partial charge in [0.15, 0.2) is 0 Å². The molecule has 3 heterocycles. The van der Waals surface area contributed by atoms with Gasteiger partial charge < -0.3 is 14.5 Å². The van der Waals surface area contributed by atoms with Crippen molar-refractivity contribution < 1.29 is 13.5 Å². The fraction of sp³-hybridized carbons (Fsp3) is 0.268. The number of benzene rings is 6. The van der Waals surface area contributed by atoms with Crippen LogP contribution in [0.5, 0.6) is 11.5 Å². The van der Waals surface area contributed by atoms with Crippen LogP contribution in [0.15, 0.2) is 134 Å². The van der Waals surface area contributed by atoms with Gasteiger partial charge in [0.25, 0.3) is 0 Å². The summed E-state index contributed by atoms with van der Waals surface area (Å²) in [6.07, 6.45) is 1.91. The van der Waals surface area contributed by atoms with Crippen LogP contribution in [0.1, 0.15) is 103 Å². The maximum absolute atomic E-state index is 14.5. The van der Waals surface area contributed by atoms with Crippen LogP contribution in [0.3, 0.4) is 0 Å². The minimum absolute atomic E-state index is 0.0303. The largest absolute Gasteiger partial charge is 0.457 e. The van der Waals surface area contributed by atoms with Gasteiger partial charge in [-0.3, -0.25) is 4.57 Å². The molecule has 8 aromatic rings. The summed E-state index contributed by atoms with van der Waals surface area (Å²) < 4.78 is 38.3. The van der Waals surface area contributed by atoms with Crippen LogP contribution in [0, 0.1) is 11.6 Å². The lowest BCUT2D eigenvalue weighted by Crippen LogP contribution is -2.26. The van der Waals surface area contributed by atoms with Crippen molar-refractivity contribution in [1.82, 2.24) is 9.55 Å². The molecule has 9 rings (SSSR count). The number of halogens is 2. The summed E-state index contributed by atoms with van der Waals surface area (Å²) in [5.74, 6) is 1.46. The van der Waals surface area contributed by atoms with E-state index < -0.39 is 11.6 Å². The second-order valence-electron chi connectivity index (χ2n) is 19.7. The molecule has 7 heteroatoms. The maximum atomic E-state index is 14.5. The lowest BCUT2D eigenvalue weighted by molar-refractivity contribution is 0.479. The minimum atomic E-state index is -0.584. The van der Waals surface area contributed by atoms with Gasteiger partial charge in [-0.2, -0.15) is 0 Å². The topological polar surface area (TPSA) is 33.5 Å². The summed E-state index contributed by atoms with van der Waals surface area (Å²) in [4.78, 5) is 9.67. The molecule has 0 aliphatic carbocycles. The molecule has 0 amide bonds. The SMILES string of the molecule is CC(C)c1cc(-c2cc(F)cc(F)c2)cc(C(C)C)c1N1CN(c2cc(Oc3ccc4c5ccccc5n(-c5cc(C(C)(C)C)ccn5)c4c3)cc(C(C)(C)C)c2)c2ccccc21. The number of ether oxygens (including phenoxy) is 1. The molecule has 0 spiro atoms. The summed E-state index contributed by atoms with van der Waals surface area (Å²) in [5.41, 5.74) is 12.2. The summed E-state index contributed by atoms with van der Waals surface area (Å²) in [5, 5.41) is 2.30. The van der Waals surface area contributed by atoms with E-state index in [0.717, 1.165) is 90.2 Å². The molecule has 6 aromatic carbocycles. The van der Waals surface area contributed by atoms with Gasteiger partial charge in [-0.1, -0.05) is 99.6 Å². The highest BCUT2D eigenvalue weighted by Crippen LogP contribution is 2.50. The second kappa shape index (κ2) is 15.7. The molecule has 5 nitrogen and oxygen atoms in total. The molecule has 63 heavy (non-hydrogen) atoms. The fourth-order valence-corrected chi connectivity index (χ4v) is 9.02. The fourth-order valence-electron chi connectivity index (χ4n) is 9.02. The van der Waals surface area contributed by atoms with E-state index >= 15 is 0 Å². The number of hydrogen-bond donors (Lipinski definition) is 0. The molecule has 0 atom stereocenters. The Kier molecular flexibility index (Phi) is 10.4. The van der Waals surface area contributed by atoms with Crippen LogP contribution in [-0.2, 0) is 10.8 Å².